The summed E-state index contributed by atoms with van der Waals surface area (Å²) in [6.07, 6.45) is 2.26. The molecule has 0 saturated carbocycles. The molecule has 1 heterocycles. The number of hydrogen-bond donors (Lipinski definition) is 0. The minimum absolute atomic E-state index is 0.721. The third-order valence-electron chi connectivity index (χ3n) is 1.28. The number of nitrogens with zero attached hydrogens (tertiary/aromatic N) is 1. The average molecular weight is 165 g/mol. The zero-order valence-corrected chi connectivity index (χ0v) is 7.61. The van der Waals surface area contributed by atoms with E-state index >= 15 is 0 Å². The van der Waals surface area contributed by atoms with Gasteiger partial charge in [-0.25, -0.2) is 12.7 Å². The molecule has 0 bridgehead atoms. The van der Waals surface area contributed by atoms with Crippen LogP contribution in [-0.2, 0) is 10.0 Å². The van der Waals surface area contributed by atoms with Crippen molar-refractivity contribution < 1.29 is 8.42 Å². The Bertz CT molecular complexity index is 170. The molecule has 1 aliphatic rings. The molecule has 0 aromatic rings. The second kappa shape index (κ2) is 3.93. The smallest absolute Gasteiger partial charge is 0.211 e. The molecular formula is C6H15NO2S. The van der Waals surface area contributed by atoms with Crippen molar-refractivity contribution in [1.82, 2.24) is 4.31 Å². The Hall–Kier alpha value is -0.0900. The van der Waals surface area contributed by atoms with Gasteiger partial charge in [-0.05, 0) is 6.42 Å². The monoisotopic (exact) mass is 165 g/mol. The van der Waals surface area contributed by atoms with Crippen molar-refractivity contribution in [2.75, 3.05) is 19.3 Å². The molecule has 0 aliphatic carbocycles. The summed E-state index contributed by atoms with van der Waals surface area (Å²) in [5, 5.41) is 0. The fourth-order valence-electron chi connectivity index (χ4n) is 0.619. The maximum absolute atomic E-state index is 10.5. The summed E-state index contributed by atoms with van der Waals surface area (Å²) in [5.41, 5.74) is 0. The van der Waals surface area contributed by atoms with Gasteiger partial charge < -0.3 is 0 Å². The number of rotatable bonds is 1. The van der Waals surface area contributed by atoms with Gasteiger partial charge in [-0.1, -0.05) is 13.8 Å². The maximum Gasteiger partial charge on any atom is 0.211 e. The van der Waals surface area contributed by atoms with Crippen LogP contribution < -0.4 is 0 Å². The van der Waals surface area contributed by atoms with Crippen LogP contribution in [0.5, 0.6) is 0 Å². The minimum Gasteiger partial charge on any atom is -0.213 e. The second-order valence-corrected chi connectivity index (χ2v) is 4.00. The second-order valence-electron chi connectivity index (χ2n) is 2.02. The lowest BCUT2D eigenvalue weighted by Gasteiger charge is -2.27. The van der Waals surface area contributed by atoms with Crippen LogP contribution in [0.1, 0.15) is 20.3 Å². The lowest BCUT2D eigenvalue weighted by Crippen LogP contribution is -2.41. The molecule has 1 rings (SSSR count). The lowest BCUT2D eigenvalue weighted by atomic mass is 10.3. The Morgan fingerprint density at radius 1 is 1.20 bits per heavy atom. The molecule has 3 nitrogen and oxygen atoms in total. The van der Waals surface area contributed by atoms with Gasteiger partial charge >= 0.3 is 0 Å². The van der Waals surface area contributed by atoms with E-state index in [4.69, 9.17) is 0 Å². The van der Waals surface area contributed by atoms with Gasteiger partial charge in [0.2, 0.25) is 10.0 Å². The van der Waals surface area contributed by atoms with E-state index in [0.29, 0.717) is 0 Å². The van der Waals surface area contributed by atoms with Crippen molar-refractivity contribution >= 4 is 10.0 Å². The van der Waals surface area contributed by atoms with Crippen molar-refractivity contribution in [3.63, 3.8) is 0 Å². The zero-order valence-electron chi connectivity index (χ0n) is 6.79. The van der Waals surface area contributed by atoms with Gasteiger partial charge in [0, 0.05) is 13.1 Å². The molecule has 4 heteroatoms. The summed E-state index contributed by atoms with van der Waals surface area (Å²) in [6, 6.07) is 0. The van der Waals surface area contributed by atoms with Crippen LogP contribution >= 0.6 is 0 Å². The van der Waals surface area contributed by atoms with Crippen molar-refractivity contribution in [2.45, 2.75) is 20.3 Å². The molecular weight excluding hydrogens is 150 g/mol. The van der Waals surface area contributed by atoms with Gasteiger partial charge in [-0.2, -0.15) is 0 Å². The van der Waals surface area contributed by atoms with Crippen LogP contribution in [0.4, 0.5) is 0 Å². The van der Waals surface area contributed by atoms with Crippen LogP contribution in [0.15, 0.2) is 0 Å². The molecule has 0 unspecified atom stereocenters. The van der Waals surface area contributed by atoms with Crippen molar-refractivity contribution in [1.29, 1.82) is 0 Å². The largest absolute Gasteiger partial charge is 0.213 e. The fraction of sp³-hybridized carbons (Fsp3) is 1.00. The average Bonchev–Trinajstić information content (AvgIpc) is 1.61. The lowest BCUT2D eigenvalue weighted by molar-refractivity contribution is 0.312. The molecule has 1 aliphatic heterocycles. The van der Waals surface area contributed by atoms with E-state index in [1.54, 1.807) is 0 Å². The van der Waals surface area contributed by atoms with Gasteiger partial charge in [0.25, 0.3) is 0 Å². The van der Waals surface area contributed by atoms with E-state index < -0.39 is 10.0 Å². The van der Waals surface area contributed by atoms with E-state index in [-0.39, 0.29) is 0 Å². The van der Waals surface area contributed by atoms with Crippen LogP contribution in [0.3, 0.4) is 0 Å². The highest BCUT2D eigenvalue weighted by Gasteiger charge is 2.22. The van der Waals surface area contributed by atoms with Gasteiger partial charge in [0.05, 0.1) is 6.26 Å². The minimum atomic E-state index is -2.83. The topological polar surface area (TPSA) is 37.4 Å². The summed E-state index contributed by atoms with van der Waals surface area (Å²) >= 11 is 0. The number of hydrogen-bond acceptors (Lipinski definition) is 2. The van der Waals surface area contributed by atoms with E-state index in [1.807, 2.05) is 13.8 Å². The summed E-state index contributed by atoms with van der Waals surface area (Å²) < 4.78 is 22.5. The molecule has 1 fully saturated rings. The Labute approximate surface area is 63.1 Å². The summed E-state index contributed by atoms with van der Waals surface area (Å²) in [5.74, 6) is 0. The van der Waals surface area contributed by atoms with Gasteiger partial charge in [0.1, 0.15) is 0 Å². The standard InChI is InChI=1S/C4H9NO2S.C2H6/c1-8(6,7)5-3-2-4-5;1-2/h2-4H2,1H3;1-2H3. The molecule has 62 valence electrons. The highest BCUT2D eigenvalue weighted by Crippen LogP contribution is 2.09. The van der Waals surface area contributed by atoms with E-state index in [1.165, 1.54) is 10.6 Å². The van der Waals surface area contributed by atoms with Crippen LogP contribution in [0.25, 0.3) is 0 Å². The summed E-state index contributed by atoms with van der Waals surface area (Å²) in [4.78, 5) is 0. The van der Waals surface area contributed by atoms with E-state index in [2.05, 4.69) is 0 Å². The first-order valence-electron chi connectivity index (χ1n) is 3.56. The highest BCUT2D eigenvalue weighted by molar-refractivity contribution is 7.88. The van der Waals surface area contributed by atoms with Gasteiger partial charge in [0.15, 0.2) is 0 Å². The molecule has 0 spiro atoms. The van der Waals surface area contributed by atoms with E-state index in [9.17, 15) is 8.42 Å². The molecule has 1 saturated heterocycles. The molecule has 0 amide bonds. The van der Waals surface area contributed by atoms with Gasteiger partial charge in [-0.15, -0.1) is 0 Å². The van der Waals surface area contributed by atoms with Crippen molar-refractivity contribution in [3.8, 4) is 0 Å². The maximum atomic E-state index is 10.5. The molecule has 0 N–H and O–H groups in total. The highest BCUT2D eigenvalue weighted by atomic mass is 32.2. The van der Waals surface area contributed by atoms with Crippen molar-refractivity contribution in [3.05, 3.63) is 0 Å². The zero-order chi connectivity index (χ0) is 8.20. The first-order chi connectivity index (χ1) is 4.61. The Balaban J connectivity index is 0.000000371. The van der Waals surface area contributed by atoms with Crippen molar-refractivity contribution in [2.24, 2.45) is 0 Å². The Kier molecular flexibility index (Phi) is 3.89. The van der Waals surface area contributed by atoms with Gasteiger partial charge in [-0.3, -0.25) is 0 Å². The van der Waals surface area contributed by atoms with Crippen LogP contribution in [0, 0.1) is 0 Å². The first kappa shape index (κ1) is 9.91. The predicted octanol–water partition coefficient (Wildman–Crippen LogP) is 0.678. The molecule has 0 radical (unpaired) electrons. The molecule has 0 aromatic carbocycles. The normalized spacial score (nSPS) is 18.7. The molecule has 0 atom stereocenters. The van der Waals surface area contributed by atoms with E-state index in [0.717, 1.165) is 19.5 Å². The predicted molar refractivity (Wildman–Crippen MR) is 42.4 cm³/mol. The summed E-state index contributed by atoms with van der Waals surface area (Å²) in [6.45, 7) is 5.44. The molecule has 10 heavy (non-hydrogen) atoms. The fourth-order valence-corrected chi connectivity index (χ4v) is 1.54. The Morgan fingerprint density at radius 2 is 1.60 bits per heavy atom. The summed E-state index contributed by atoms with van der Waals surface area (Å²) in [7, 11) is -2.83. The molecule has 0 aromatic heterocycles. The Morgan fingerprint density at radius 3 is 1.60 bits per heavy atom. The third-order valence-corrected chi connectivity index (χ3v) is 2.59. The quantitative estimate of drug-likeness (QED) is 0.573. The first-order valence-corrected chi connectivity index (χ1v) is 5.40. The van der Waals surface area contributed by atoms with Crippen LogP contribution in [0.2, 0.25) is 0 Å². The number of sulfonamides is 1. The SMILES string of the molecule is CC.CS(=O)(=O)N1CCC1. The van der Waals surface area contributed by atoms with Crippen LogP contribution in [-0.4, -0.2) is 32.1 Å². The third kappa shape index (κ3) is 2.66.